The molecule has 202 valence electrons. The molecule has 0 aliphatic carbocycles. The Kier molecular flexibility index (Phi) is 17.2. The molecule has 0 heterocycles. The minimum atomic E-state index is -1.08. The molecule has 6 unspecified atom stereocenters. The van der Waals surface area contributed by atoms with Crippen LogP contribution in [0, 0.1) is 17.8 Å². The Morgan fingerprint density at radius 1 is 1.03 bits per heavy atom. The fourth-order valence-corrected chi connectivity index (χ4v) is 3.99. The van der Waals surface area contributed by atoms with Gasteiger partial charge in [-0.25, -0.2) is 4.79 Å². The van der Waals surface area contributed by atoms with Gasteiger partial charge in [0.25, 0.3) is 0 Å². The molecule has 0 amide bonds. The van der Waals surface area contributed by atoms with Gasteiger partial charge in [-0.1, -0.05) is 43.2 Å². The van der Waals surface area contributed by atoms with Gasteiger partial charge in [0.05, 0.1) is 19.6 Å². The van der Waals surface area contributed by atoms with Crippen molar-refractivity contribution in [1.82, 2.24) is 0 Å². The van der Waals surface area contributed by atoms with E-state index >= 15 is 0 Å². The summed E-state index contributed by atoms with van der Waals surface area (Å²) in [5.74, 6) is -1.37. The lowest BCUT2D eigenvalue weighted by atomic mass is 9.85. The number of hydrogen-bond acceptors (Lipinski definition) is 8. The van der Waals surface area contributed by atoms with Crippen LogP contribution in [0.4, 0.5) is 0 Å². The van der Waals surface area contributed by atoms with Crippen molar-refractivity contribution >= 4 is 11.9 Å². The van der Waals surface area contributed by atoms with Crippen molar-refractivity contribution in [1.29, 1.82) is 0 Å². The van der Waals surface area contributed by atoms with E-state index in [1.165, 1.54) is 25.9 Å². The molecule has 0 saturated heterocycles. The third-order valence-corrected chi connectivity index (χ3v) is 6.09. The van der Waals surface area contributed by atoms with Crippen molar-refractivity contribution in [2.24, 2.45) is 17.8 Å². The maximum absolute atomic E-state index is 12.6. The van der Waals surface area contributed by atoms with Gasteiger partial charge in [-0.3, -0.25) is 4.79 Å². The summed E-state index contributed by atoms with van der Waals surface area (Å²) >= 11 is 0. The molecule has 0 radical (unpaired) electrons. The fourth-order valence-electron chi connectivity index (χ4n) is 3.99. The monoisotopic (exact) mass is 498 g/mol. The van der Waals surface area contributed by atoms with E-state index < -0.39 is 30.3 Å². The standard InChI is InChI=1S/C27H46O8/c1-8-18(2)13-20(4)14-21(5)26(32)27(23(33-6)16-25(31)34-7)35-24(30)10-9-19(3)15-22(17-29)11-12-28/h8-10,15,20-23,26-29,32H,11-14,16-17H2,1-7H3. The zero-order chi connectivity index (χ0) is 27.0. The topological polar surface area (TPSA) is 123 Å². The number of allylic oxidation sites excluding steroid dienone is 4. The minimum absolute atomic E-state index is 0.0516. The number of aliphatic hydroxyl groups is 3. The number of hydrogen-bond donors (Lipinski definition) is 3. The van der Waals surface area contributed by atoms with Crippen molar-refractivity contribution in [3.05, 3.63) is 35.5 Å². The molecule has 0 spiro atoms. The van der Waals surface area contributed by atoms with Crippen molar-refractivity contribution in [3.8, 4) is 0 Å². The van der Waals surface area contributed by atoms with Gasteiger partial charge in [0.15, 0.2) is 6.10 Å². The molecule has 0 aliphatic heterocycles. The molecule has 0 rings (SSSR count). The van der Waals surface area contributed by atoms with E-state index in [2.05, 4.69) is 19.9 Å². The maximum Gasteiger partial charge on any atom is 0.331 e. The van der Waals surface area contributed by atoms with Crippen molar-refractivity contribution in [2.75, 3.05) is 27.4 Å². The van der Waals surface area contributed by atoms with Gasteiger partial charge in [0.1, 0.15) is 6.10 Å². The molecule has 0 aliphatic rings. The summed E-state index contributed by atoms with van der Waals surface area (Å²) < 4.78 is 15.8. The average Bonchev–Trinajstić information content (AvgIpc) is 2.83. The fraction of sp³-hybridized carbons (Fsp3) is 0.704. The molecule has 0 aromatic carbocycles. The molecule has 0 bridgehead atoms. The van der Waals surface area contributed by atoms with Gasteiger partial charge in [0.2, 0.25) is 0 Å². The summed E-state index contributed by atoms with van der Waals surface area (Å²) in [6.45, 7) is 9.65. The summed E-state index contributed by atoms with van der Waals surface area (Å²) in [6, 6.07) is 0. The predicted octanol–water partition coefficient (Wildman–Crippen LogP) is 3.35. The van der Waals surface area contributed by atoms with Crippen molar-refractivity contribution in [3.63, 3.8) is 0 Å². The molecule has 8 nitrogen and oxygen atoms in total. The largest absolute Gasteiger partial charge is 0.469 e. The van der Waals surface area contributed by atoms with Crippen LogP contribution in [0.3, 0.4) is 0 Å². The van der Waals surface area contributed by atoms with Gasteiger partial charge in [-0.15, -0.1) is 0 Å². The van der Waals surface area contributed by atoms with E-state index in [1.807, 2.05) is 13.8 Å². The number of carbonyl (C=O) groups is 2. The van der Waals surface area contributed by atoms with Gasteiger partial charge in [-0.05, 0) is 51.9 Å². The van der Waals surface area contributed by atoms with Crippen LogP contribution in [0.25, 0.3) is 0 Å². The van der Waals surface area contributed by atoms with Crippen molar-refractivity contribution in [2.45, 2.75) is 78.6 Å². The molecule has 8 heteroatoms. The lowest BCUT2D eigenvalue weighted by molar-refractivity contribution is -0.170. The molecule has 6 atom stereocenters. The van der Waals surface area contributed by atoms with Crippen LogP contribution in [0.15, 0.2) is 35.5 Å². The Balaban J connectivity index is 5.60. The minimum Gasteiger partial charge on any atom is -0.469 e. The summed E-state index contributed by atoms with van der Waals surface area (Å²) in [4.78, 5) is 24.5. The van der Waals surface area contributed by atoms with Gasteiger partial charge >= 0.3 is 11.9 Å². The van der Waals surface area contributed by atoms with Crippen LogP contribution in [-0.2, 0) is 23.8 Å². The average molecular weight is 499 g/mol. The second kappa shape index (κ2) is 18.3. The molecule has 3 N–H and O–H groups in total. The van der Waals surface area contributed by atoms with E-state index in [9.17, 15) is 19.8 Å². The highest BCUT2D eigenvalue weighted by Crippen LogP contribution is 2.26. The van der Waals surface area contributed by atoms with Crippen LogP contribution < -0.4 is 0 Å². The van der Waals surface area contributed by atoms with E-state index in [0.717, 1.165) is 6.42 Å². The van der Waals surface area contributed by atoms with Crippen molar-refractivity contribution < 1.29 is 39.1 Å². The Morgan fingerprint density at radius 2 is 1.69 bits per heavy atom. The van der Waals surface area contributed by atoms with Gasteiger partial charge < -0.3 is 29.5 Å². The Morgan fingerprint density at radius 3 is 2.20 bits per heavy atom. The summed E-state index contributed by atoms with van der Waals surface area (Å²) in [5.41, 5.74) is 1.98. The summed E-state index contributed by atoms with van der Waals surface area (Å²) in [6.07, 6.45) is 5.40. The van der Waals surface area contributed by atoms with Crippen LogP contribution in [0.1, 0.15) is 60.3 Å². The zero-order valence-electron chi connectivity index (χ0n) is 22.4. The Labute approximate surface area is 210 Å². The first-order valence-electron chi connectivity index (χ1n) is 12.2. The third kappa shape index (κ3) is 13.6. The normalized spacial score (nSPS) is 18.0. The molecule has 0 aromatic heterocycles. The molecular weight excluding hydrogens is 452 g/mol. The van der Waals surface area contributed by atoms with Crippen LogP contribution in [-0.4, -0.2) is 73.0 Å². The number of carbonyl (C=O) groups excluding carboxylic acids is 2. The van der Waals surface area contributed by atoms with Crippen LogP contribution in [0.2, 0.25) is 0 Å². The SMILES string of the molecule is CC=C(C)CC(C)CC(C)C(O)C(OC(=O)C=CC(C)=CC(CO)CCO)C(CC(=O)OC)OC. The number of aliphatic hydroxyl groups excluding tert-OH is 3. The predicted molar refractivity (Wildman–Crippen MR) is 135 cm³/mol. The Hall–Kier alpha value is -2.00. The molecular formula is C27H46O8. The van der Waals surface area contributed by atoms with E-state index in [0.29, 0.717) is 24.3 Å². The van der Waals surface area contributed by atoms with Crippen LogP contribution in [0.5, 0.6) is 0 Å². The first kappa shape index (κ1) is 33.0. The first-order valence-corrected chi connectivity index (χ1v) is 12.2. The highest BCUT2D eigenvalue weighted by Gasteiger charge is 2.36. The highest BCUT2D eigenvalue weighted by molar-refractivity contribution is 5.82. The number of esters is 2. The molecule has 0 fully saturated rings. The van der Waals surface area contributed by atoms with Gasteiger partial charge in [-0.2, -0.15) is 0 Å². The summed E-state index contributed by atoms with van der Waals surface area (Å²) in [7, 11) is 2.65. The van der Waals surface area contributed by atoms with E-state index in [1.54, 1.807) is 19.1 Å². The van der Waals surface area contributed by atoms with E-state index in [-0.39, 0.29) is 31.5 Å². The van der Waals surface area contributed by atoms with Gasteiger partial charge in [0, 0.05) is 32.3 Å². The first-order chi connectivity index (χ1) is 16.5. The third-order valence-electron chi connectivity index (χ3n) is 6.09. The highest BCUT2D eigenvalue weighted by atomic mass is 16.6. The van der Waals surface area contributed by atoms with Crippen LogP contribution >= 0.6 is 0 Å². The number of ether oxygens (including phenoxy) is 3. The number of methoxy groups -OCH3 is 2. The summed E-state index contributed by atoms with van der Waals surface area (Å²) in [5, 5.41) is 29.6. The smallest absolute Gasteiger partial charge is 0.331 e. The maximum atomic E-state index is 12.6. The zero-order valence-corrected chi connectivity index (χ0v) is 22.4. The lowest BCUT2D eigenvalue weighted by Gasteiger charge is -2.33. The number of rotatable bonds is 17. The molecule has 0 saturated carbocycles. The Bertz CT molecular complexity index is 712. The quantitative estimate of drug-likeness (QED) is 0.121. The second-order valence-corrected chi connectivity index (χ2v) is 9.30. The lowest BCUT2D eigenvalue weighted by Crippen LogP contribution is -2.46. The molecule has 0 aromatic rings. The van der Waals surface area contributed by atoms with E-state index in [4.69, 9.17) is 19.3 Å². The molecule has 35 heavy (non-hydrogen) atoms. The second-order valence-electron chi connectivity index (χ2n) is 9.30.